The smallest absolute Gasteiger partial charge is 0.228 e. The van der Waals surface area contributed by atoms with E-state index in [-0.39, 0.29) is 17.7 Å². The third kappa shape index (κ3) is 2.88. The highest BCUT2D eigenvalue weighted by atomic mass is 16.2. The number of para-hydroxylation sites is 2. The van der Waals surface area contributed by atoms with Crippen molar-refractivity contribution in [3.05, 3.63) is 30.1 Å². The molecule has 1 aliphatic heterocycles. The molecule has 0 N–H and O–H groups in total. The second kappa shape index (κ2) is 6.63. The van der Waals surface area contributed by atoms with Gasteiger partial charge in [-0.25, -0.2) is 4.98 Å². The van der Waals surface area contributed by atoms with Crippen molar-refractivity contribution in [2.45, 2.75) is 33.4 Å². The molecular formula is C18H24N4O2. The van der Waals surface area contributed by atoms with Gasteiger partial charge < -0.3 is 14.4 Å². The maximum Gasteiger partial charge on any atom is 0.228 e. The first-order chi connectivity index (χ1) is 11.5. The summed E-state index contributed by atoms with van der Waals surface area (Å²) in [6.07, 6.45) is 0.321. The molecule has 2 heterocycles. The van der Waals surface area contributed by atoms with Crippen LogP contribution >= 0.6 is 0 Å². The van der Waals surface area contributed by atoms with E-state index in [1.165, 1.54) is 0 Å². The van der Waals surface area contributed by atoms with E-state index < -0.39 is 0 Å². The van der Waals surface area contributed by atoms with E-state index in [4.69, 9.17) is 0 Å². The van der Waals surface area contributed by atoms with Crippen LogP contribution in [0.2, 0.25) is 0 Å². The van der Waals surface area contributed by atoms with Crippen LogP contribution in [0.1, 0.15) is 26.1 Å². The number of amides is 2. The Morgan fingerprint density at radius 1 is 1.29 bits per heavy atom. The molecule has 2 amide bonds. The molecule has 0 bridgehead atoms. The average molecular weight is 328 g/mol. The van der Waals surface area contributed by atoms with Crippen LogP contribution in [0.3, 0.4) is 0 Å². The molecule has 128 valence electrons. The molecule has 1 unspecified atom stereocenters. The van der Waals surface area contributed by atoms with Crippen molar-refractivity contribution in [2.75, 3.05) is 20.1 Å². The van der Waals surface area contributed by atoms with E-state index in [0.717, 1.165) is 23.4 Å². The predicted molar refractivity (Wildman–Crippen MR) is 92.2 cm³/mol. The van der Waals surface area contributed by atoms with E-state index in [1.54, 1.807) is 16.8 Å². The predicted octanol–water partition coefficient (Wildman–Crippen LogP) is 1.88. The van der Waals surface area contributed by atoms with Gasteiger partial charge in [-0.05, 0) is 26.0 Å². The van der Waals surface area contributed by atoms with Gasteiger partial charge in [0, 0.05) is 33.1 Å². The van der Waals surface area contributed by atoms with Gasteiger partial charge in [-0.3, -0.25) is 9.59 Å². The number of hydrogen-bond acceptors (Lipinski definition) is 3. The maximum atomic E-state index is 12.7. The van der Waals surface area contributed by atoms with E-state index in [9.17, 15) is 9.59 Å². The van der Waals surface area contributed by atoms with Crippen LogP contribution in [0.25, 0.3) is 11.0 Å². The fourth-order valence-electron chi connectivity index (χ4n) is 3.44. The zero-order valence-electron chi connectivity index (χ0n) is 14.5. The Bertz CT molecular complexity index is 767. The molecule has 3 rings (SSSR count). The van der Waals surface area contributed by atoms with Crippen LogP contribution in [0.5, 0.6) is 0 Å². The van der Waals surface area contributed by atoms with Crippen LogP contribution in [0.4, 0.5) is 0 Å². The second-order valence-electron chi connectivity index (χ2n) is 6.29. The number of aromatic nitrogens is 2. The molecule has 0 saturated carbocycles. The highest BCUT2D eigenvalue weighted by molar-refractivity contribution is 5.89. The van der Waals surface area contributed by atoms with Crippen LogP contribution in [0.15, 0.2) is 24.3 Å². The van der Waals surface area contributed by atoms with Gasteiger partial charge in [-0.15, -0.1) is 0 Å². The summed E-state index contributed by atoms with van der Waals surface area (Å²) in [4.78, 5) is 32.7. The van der Waals surface area contributed by atoms with Crippen LogP contribution < -0.4 is 0 Å². The summed E-state index contributed by atoms with van der Waals surface area (Å²) in [6, 6.07) is 8.00. The molecule has 1 aromatic heterocycles. The molecule has 6 nitrogen and oxygen atoms in total. The van der Waals surface area contributed by atoms with Crippen molar-refractivity contribution in [1.82, 2.24) is 19.4 Å². The van der Waals surface area contributed by atoms with Gasteiger partial charge in [0.1, 0.15) is 5.82 Å². The summed E-state index contributed by atoms with van der Waals surface area (Å²) in [5.74, 6) is 0.743. The van der Waals surface area contributed by atoms with Gasteiger partial charge in [-0.2, -0.15) is 0 Å². The molecule has 0 radical (unpaired) electrons. The summed E-state index contributed by atoms with van der Waals surface area (Å²) >= 11 is 0. The maximum absolute atomic E-state index is 12.7. The first-order valence-corrected chi connectivity index (χ1v) is 8.52. The Labute approximate surface area is 142 Å². The third-order valence-corrected chi connectivity index (χ3v) is 4.75. The SMILES string of the molecule is CCN1CC(C(=O)N(C)Cc2nc3ccccc3n2CC)CC1=O. The fourth-order valence-corrected chi connectivity index (χ4v) is 3.44. The summed E-state index contributed by atoms with van der Waals surface area (Å²) in [5.41, 5.74) is 2.03. The first kappa shape index (κ1) is 16.5. The van der Waals surface area contributed by atoms with Crippen LogP contribution in [-0.2, 0) is 22.7 Å². The lowest BCUT2D eigenvalue weighted by Gasteiger charge is -2.21. The van der Waals surface area contributed by atoms with Gasteiger partial charge in [0.15, 0.2) is 0 Å². The van der Waals surface area contributed by atoms with E-state index in [1.807, 2.05) is 31.2 Å². The van der Waals surface area contributed by atoms with Gasteiger partial charge in [0.05, 0.1) is 23.5 Å². The summed E-state index contributed by atoms with van der Waals surface area (Å²) in [7, 11) is 1.79. The minimum atomic E-state index is -0.234. The normalized spacial score (nSPS) is 17.7. The monoisotopic (exact) mass is 328 g/mol. The van der Waals surface area contributed by atoms with Crippen LogP contribution in [0, 0.1) is 5.92 Å². The molecule has 0 spiro atoms. The molecule has 24 heavy (non-hydrogen) atoms. The van der Waals surface area contributed by atoms with Crippen molar-refractivity contribution in [1.29, 1.82) is 0 Å². The topological polar surface area (TPSA) is 58.4 Å². The molecule has 2 aromatic rings. The first-order valence-electron chi connectivity index (χ1n) is 8.52. The van der Waals surface area contributed by atoms with E-state index in [2.05, 4.69) is 16.5 Å². The Morgan fingerprint density at radius 3 is 2.71 bits per heavy atom. The molecule has 0 aliphatic carbocycles. The van der Waals surface area contributed by atoms with Crippen molar-refractivity contribution < 1.29 is 9.59 Å². The van der Waals surface area contributed by atoms with Crippen molar-refractivity contribution in [3.63, 3.8) is 0 Å². The number of carbonyl (C=O) groups excluding carboxylic acids is 2. The van der Waals surface area contributed by atoms with Gasteiger partial charge in [0.25, 0.3) is 0 Å². The Hall–Kier alpha value is -2.37. The number of aryl methyl sites for hydroxylation is 1. The standard InChI is InChI=1S/C18H24N4O2/c1-4-21-11-13(10-17(21)23)18(24)20(3)12-16-19-14-8-6-7-9-15(14)22(16)5-2/h6-9,13H,4-5,10-12H2,1-3H3. The third-order valence-electron chi connectivity index (χ3n) is 4.75. The van der Waals surface area contributed by atoms with E-state index in [0.29, 0.717) is 26.1 Å². The number of rotatable bonds is 5. The lowest BCUT2D eigenvalue weighted by Crippen LogP contribution is -2.35. The van der Waals surface area contributed by atoms with Gasteiger partial charge in [-0.1, -0.05) is 12.1 Å². The highest BCUT2D eigenvalue weighted by Crippen LogP contribution is 2.21. The number of fused-ring (bicyclic) bond motifs is 1. The van der Waals surface area contributed by atoms with Crippen molar-refractivity contribution in [3.8, 4) is 0 Å². The largest absolute Gasteiger partial charge is 0.342 e. The van der Waals surface area contributed by atoms with Crippen LogP contribution in [-0.4, -0.2) is 51.3 Å². The number of likely N-dealkylation sites (tertiary alicyclic amines) is 1. The quantitative estimate of drug-likeness (QED) is 0.842. The number of carbonyl (C=O) groups is 2. The summed E-state index contributed by atoms with van der Waals surface area (Å²) < 4.78 is 2.14. The second-order valence-corrected chi connectivity index (χ2v) is 6.29. The lowest BCUT2D eigenvalue weighted by molar-refractivity contribution is -0.135. The van der Waals surface area contributed by atoms with Gasteiger partial charge >= 0.3 is 0 Å². The number of nitrogens with zero attached hydrogens (tertiary/aromatic N) is 4. The highest BCUT2D eigenvalue weighted by Gasteiger charge is 2.35. The molecule has 1 saturated heterocycles. The molecular weight excluding hydrogens is 304 g/mol. The Balaban J connectivity index is 1.76. The van der Waals surface area contributed by atoms with Crippen molar-refractivity contribution in [2.24, 2.45) is 5.92 Å². The van der Waals surface area contributed by atoms with E-state index >= 15 is 0 Å². The zero-order valence-corrected chi connectivity index (χ0v) is 14.5. The summed E-state index contributed by atoms with van der Waals surface area (Å²) in [6.45, 7) is 6.48. The molecule has 6 heteroatoms. The summed E-state index contributed by atoms with van der Waals surface area (Å²) in [5, 5.41) is 0. The average Bonchev–Trinajstić information content (AvgIpc) is 3.13. The minimum absolute atomic E-state index is 0.0222. The number of imidazole rings is 1. The number of hydrogen-bond donors (Lipinski definition) is 0. The van der Waals surface area contributed by atoms with Gasteiger partial charge in [0.2, 0.25) is 11.8 Å². The molecule has 1 aliphatic rings. The molecule has 1 aromatic carbocycles. The molecule has 1 fully saturated rings. The fraction of sp³-hybridized carbons (Fsp3) is 0.500. The minimum Gasteiger partial charge on any atom is -0.342 e. The number of benzene rings is 1. The molecule has 1 atom stereocenters. The van der Waals surface area contributed by atoms with Crippen molar-refractivity contribution >= 4 is 22.8 Å². The lowest BCUT2D eigenvalue weighted by atomic mass is 10.1. The Kier molecular flexibility index (Phi) is 4.55. The Morgan fingerprint density at radius 2 is 2.04 bits per heavy atom. The zero-order chi connectivity index (χ0) is 17.3.